The van der Waals surface area contributed by atoms with Crippen LogP contribution in [0.3, 0.4) is 0 Å². The molecule has 0 bridgehead atoms. The van der Waals surface area contributed by atoms with Crippen LogP contribution in [-0.2, 0) is 17.6 Å². The van der Waals surface area contributed by atoms with Crippen LogP contribution in [-0.4, -0.2) is 10.9 Å². The summed E-state index contributed by atoms with van der Waals surface area (Å²) in [5.41, 5.74) is 6.56. The minimum atomic E-state index is 0.0840. The molecule has 3 nitrogen and oxygen atoms in total. The van der Waals surface area contributed by atoms with Crippen molar-refractivity contribution in [1.82, 2.24) is 10.3 Å². The fourth-order valence-corrected chi connectivity index (χ4v) is 4.08. The van der Waals surface area contributed by atoms with Crippen LogP contribution in [0.15, 0.2) is 41.5 Å². The fourth-order valence-electron chi connectivity index (χ4n) is 3.29. The average Bonchev–Trinajstić information content (AvgIpc) is 3.16. The van der Waals surface area contributed by atoms with Crippen molar-refractivity contribution in [3.63, 3.8) is 0 Å². The Labute approximate surface area is 134 Å². The molecule has 1 heterocycles. The Balaban J connectivity index is 1.45. The zero-order chi connectivity index (χ0) is 15.1. The number of hydrogen-bond acceptors (Lipinski definition) is 3. The smallest absolute Gasteiger partial charge is 0.228 e. The van der Waals surface area contributed by atoms with E-state index in [1.54, 1.807) is 11.3 Å². The van der Waals surface area contributed by atoms with Gasteiger partial charge in [0.2, 0.25) is 5.91 Å². The Morgan fingerprint density at radius 3 is 3.18 bits per heavy atom. The largest absolute Gasteiger partial charge is 0.330 e. The molecule has 0 saturated heterocycles. The Hall–Kier alpha value is -1.94. The molecule has 1 N–H and O–H groups in total. The monoisotopic (exact) mass is 310 g/mol. The quantitative estimate of drug-likeness (QED) is 0.944. The van der Waals surface area contributed by atoms with Crippen molar-refractivity contribution in [2.45, 2.75) is 32.1 Å². The van der Waals surface area contributed by atoms with Crippen LogP contribution in [0.2, 0.25) is 0 Å². The van der Waals surface area contributed by atoms with E-state index >= 15 is 0 Å². The molecular weight excluding hydrogens is 292 g/mol. The first-order chi connectivity index (χ1) is 10.7. The van der Waals surface area contributed by atoms with Gasteiger partial charge in [-0.05, 0) is 18.9 Å². The Morgan fingerprint density at radius 2 is 2.32 bits per heavy atom. The molecule has 0 aliphatic heterocycles. The van der Waals surface area contributed by atoms with Crippen molar-refractivity contribution < 1.29 is 4.79 Å². The number of benzene rings is 1. The Bertz CT molecular complexity index is 762. The number of carbonyl (C=O) groups is 1. The predicted octanol–water partition coefficient (Wildman–Crippen LogP) is 3.35. The number of nitrogens with zero attached hydrogens (tertiary/aromatic N) is 1. The number of nitrogens with one attached hydrogen (secondary N) is 1. The highest BCUT2D eigenvalue weighted by atomic mass is 32.1. The van der Waals surface area contributed by atoms with Crippen molar-refractivity contribution in [3.8, 4) is 0 Å². The predicted molar refractivity (Wildman–Crippen MR) is 87.8 cm³/mol. The number of fused-ring (bicyclic) bond motifs is 3. The summed E-state index contributed by atoms with van der Waals surface area (Å²) in [5.74, 6) is 1.07. The van der Waals surface area contributed by atoms with Crippen molar-refractivity contribution >= 4 is 17.2 Å². The van der Waals surface area contributed by atoms with Crippen LogP contribution >= 0.6 is 11.3 Å². The van der Waals surface area contributed by atoms with Gasteiger partial charge in [0, 0.05) is 28.8 Å². The standard InChI is InChI=1S/C18H18N2OS/c1-11-3-2-4-12(7-11)8-17(21)20-15-5-6-16-18(19-10-22-16)14-9-13(14)15/h2-5,7,10,13-14H,6,8-9H2,1H3,(H,20,21). The zero-order valence-electron chi connectivity index (χ0n) is 12.5. The van der Waals surface area contributed by atoms with E-state index in [0.29, 0.717) is 18.3 Å². The maximum Gasteiger partial charge on any atom is 0.228 e. The van der Waals surface area contributed by atoms with Crippen LogP contribution < -0.4 is 5.32 Å². The highest BCUT2D eigenvalue weighted by molar-refractivity contribution is 7.09. The van der Waals surface area contributed by atoms with Gasteiger partial charge in [-0.3, -0.25) is 4.79 Å². The Kier molecular flexibility index (Phi) is 3.34. The van der Waals surface area contributed by atoms with Crippen LogP contribution in [0.4, 0.5) is 0 Å². The molecule has 2 atom stereocenters. The molecule has 0 radical (unpaired) electrons. The zero-order valence-corrected chi connectivity index (χ0v) is 13.3. The van der Waals surface area contributed by atoms with Crippen molar-refractivity contribution in [2.75, 3.05) is 0 Å². The molecule has 2 aromatic rings. The van der Waals surface area contributed by atoms with E-state index in [1.165, 1.54) is 16.1 Å². The third-order valence-corrected chi connectivity index (χ3v) is 5.32. The number of thiazole rings is 1. The van der Waals surface area contributed by atoms with Crippen LogP contribution in [0.5, 0.6) is 0 Å². The lowest BCUT2D eigenvalue weighted by molar-refractivity contribution is -0.119. The van der Waals surface area contributed by atoms with E-state index in [2.05, 4.69) is 35.4 Å². The van der Waals surface area contributed by atoms with Crippen molar-refractivity contribution in [1.29, 1.82) is 0 Å². The summed E-state index contributed by atoms with van der Waals surface area (Å²) in [5, 5.41) is 3.14. The minimum Gasteiger partial charge on any atom is -0.330 e. The second-order valence-corrected chi connectivity index (χ2v) is 7.13. The maximum atomic E-state index is 12.3. The SMILES string of the molecule is Cc1cccc(CC(=O)NC2=CCc3scnc3C3CC23)c1. The van der Waals surface area contributed by atoms with Gasteiger partial charge >= 0.3 is 0 Å². The summed E-state index contributed by atoms with van der Waals surface area (Å²) in [6.07, 6.45) is 4.64. The number of hydrogen-bond donors (Lipinski definition) is 1. The molecule has 4 heteroatoms. The van der Waals surface area contributed by atoms with Gasteiger partial charge in [0.05, 0.1) is 17.6 Å². The molecule has 2 aliphatic carbocycles. The molecule has 1 saturated carbocycles. The molecular formula is C18H18N2OS. The first-order valence-corrected chi connectivity index (χ1v) is 8.56. The van der Waals surface area contributed by atoms with E-state index in [-0.39, 0.29) is 5.91 Å². The van der Waals surface area contributed by atoms with Gasteiger partial charge in [0.25, 0.3) is 0 Å². The third kappa shape index (κ3) is 2.59. The van der Waals surface area contributed by atoms with E-state index < -0.39 is 0 Å². The first kappa shape index (κ1) is 13.7. The van der Waals surface area contributed by atoms with E-state index in [1.807, 2.05) is 17.6 Å². The summed E-state index contributed by atoms with van der Waals surface area (Å²) >= 11 is 1.73. The van der Waals surface area contributed by atoms with Gasteiger partial charge in [-0.1, -0.05) is 35.9 Å². The maximum absolute atomic E-state index is 12.3. The second kappa shape index (κ2) is 5.36. The summed E-state index contributed by atoms with van der Waals surface area (Å²) in [6.45, 7) is 2.05. The van der Waals surface area contributed by atoms with Crippen molar-refractivity contribution in [3.05, 3.63) is 63.2 Å². The normalized spacial score (nSPS) is 22.1. The van der Waals surface area contributed by atoms with E-state index in [0.717, 1.165) is 24.1 Å². The lowest BCUT2D eigenvalue weighted by atomic mass is 10.1. The lowest BCUT2D eigenvalue weighted by Gasteiger charge is -2.09. The van der Waals surface area contributed by atoms with Gasteiger partial charge in [-0.2, -0.15) is 0 Å². The molecule has 2 aliphatic rings. The number of aromatic nitrogens is 1. The summed E-state index contributed by atoms with van der Waals surface area (Å²) < 4.78 is 0. The molecule has 112 valence electrons. The third-order valence-electron chi connectivity index (χ3n) is 4.45. The van der Waals surface area contributed by atoms with Crippen LogP contribution in [0, 0.1) is 12.8 Å². The Morgan fingerprint density at radius 1 is 1.41 bits per heavy atom. The number of aryl methyl sites for hydroxylation is 1. The molecule has 1 aromatic heterocycles. The summed E-state index contributed by atoms with van der Waals surface area (Å²) in [6, 6.07) is 8.14. The van der Waals surface area contributed by atoms with E-state index in [9.17, 15) is 4.79 Å². The fraction of sp³-hybridized carbons (Fsp3) is 0.333. The van der Waals surface area contributed by atoms with Gasteiger partial charge in [0.15, 0.2) is 0 Å². The number of amides is 1. The van der Waals surface area contributed by atoms with E-state index in [4.69, 9.17) is 0 Å². The highest BCUT2D eigenvalue weighted by Crippen LogP contribution is 2.53. The molecule has 1 aromatic carbocycles. The molecule has 0 spiro atoms. The summed E-state index contributed by atoms with van der Waals surface area (Å²) in [4.78, 5) is 18.2. The lowest BCUT2D eigenvalue weighted by Crippen LogP contribution is -2.25. The number of allylic oxidation sites excluding steroid dienone is 2. The van der Waals surface area contributed by atoms with Gasteiger partial charge < -0.3 is 5.32 Å². The molecule has 4 rings (SSSR count). The second-order valence-electron chi connectivity index (χ2n) is 6.19. The average molecular weight is 310 g/mol. The topological polar surface area (TPSA) is 42.0 Å². The number of carbonyl (C=O) groups excluding carboxylic acids is 1. The first-order valence-electron chi connectivity index (χ1n) is 7.68. The summed E-state index contributed by atoms with van der Waals surface area (Å²) in [7, 11) is 0. The molecule has 1 amide bonds. The van der Waals surface area contributed by atoms with Gasteiger partial charge in [0.1, 0.15) is 0 Å². The molecule has 2 unspecified atom stereocenters. The highest BCUT2D eigenvalue weighted by Gasteiger charge is 2.45. The van der Waals surface area contributed by atoms with Gasteiger partial charge in [-0.15, -0.1) is 11.3 Å². The molecule has 22 heavy (non-hydrogen) atoms. The van der Waals surface area contributed by atoms with Crippen LogP contribution in [0.25, 0.3) is 0 Å². The van der Waals surface area contributed by atoms with Crippen LogP contribution in [0.1, 0.15) is 34.0 Å². The van der Waals surface area contributed by atoms with Gasteiger partial charge in [-0.25, -0.2) is 4.98 Å². The minimum absolute atomic E-state index is 0.0840. The number of rotatable bonds is 3. The van der Waals surface area contributed by atoms with Crippen molar-refractivity contribution in [2.24, 2.45) is 5.92 Å². The molecule has 1 fully saturated rings.